The summed E-state index contributed by atoms with van der Waals surface area (Å²) in [6.07, 6.45) is 7.08. The molecule has 0 bridgehead atoms. The van der Waals surface area contributed by atoms with Crippen LogP contribution < -0.4 is 5.32 Å². The molecule has 1 N–H and O–H groups in total. The zero-order chi connectivity index (χ0) is 17.9. The first-order valence-electron chi connectivity index (χ1n) is 8.29. The maximum atomic E-state index is 12.4. The number of aromatic nitrogens is 4. The lowest BCUT2D eigenvalue weighted by Crippen LogP contribution is -2.25. The molecule has 0 aliphatic heterocycles. The standard InChI is InChI=1S/C19H17N5O2/c1-13-16(23-19(26-13)14-5-3-2-4-6-14)7-8-21-18(25)15-11-22-24-10-9-20-12-17(15)24/h2-6,9-12H,7-8H2,1H3,(H,21,25). The van der Waals surface area contributed by atoms with Crippen molar-refractivity contribution in [3.63, 3.8) is 0 Å². The molecule has 3 heterocycles. The molecule has 1 amide bonds. The number of nitrogens with one attached hydrogen (secondary N) is 1. The largest absolute Gasteiger partial charge is 0.441 e. The van der Waals surface area contributed by atoms with Gasteiger partial charge < -0.3 is 9.73 Å². The maximum Gasteiger partial charge on any atom is 0.255 e. The maximum absolute atomic E-state index is 12.4. The van der Waals surface area contributed by atoms with Crippen LogP contribution in [0.3, 0.4) is 0 Å². The summed E-state index contributed by atoms with van der Waals surface area (Å²) in [5, 5.41) is 7.05. The molecular weight excluding hydrogens is 330 g/mol. The summed E-state index contributed by atoms with van der Waals surface area (Å²) in [4.78, 5) is 21.0. The number of rotatable bonds is 5. The van der Waals surface area contributed by atoms with Gasteiger partial charge in [-0.05, 0) is 19.1 Å². The van der Waals surface area contributed by atoms with Gasteiger partial charge in [0.25, 0.3) is 5.91 Å². The lowest BCUT2D eigenvalue weighted by Gasteiger charge is -2.02. The Morgan fingerprint density at radius 3 is 2.92 bits per heavy atom. The number of amides is 1. The lowest BCUT2D eigenvalue weighted by molar-refractivity contribution is 0.0955. The quantitative estimate of drug-likeness (QED) is 0.600. The molecule has 3 aromatic heterocycles. The van der Waals surface area contributed by atoms with E-state index >= 15 is 0 Å². The van der Waals surface area contributed by atoms with E-state index in [9.17, 15) is 4.79 Å². The zero-order valence-electron chi connectivity index (χ0n) is 14.2. The molecule has 1 aromatic carbocycles. The highest BCUT2D eigenvalue weighted by atomic mass is 16.4. The lowest BCUT2D eigenvalue weighted by atomic mass is 10.2. The topological polar surface area (TPSA) is 85.3 Å². The fourth-order valence-corrected chi connectivity index (χ4v) is 2.76. The molecule has 0 saturated carbocycles. The molecular formula is C19H17N5O2. The van der Waals surface area contributed by atoms with Gasteiger partial charge in [0.1, 0.15) is 5.76 Å². The second kappa shape index (κ2) is 6.79. The van der Waals surface area contributed by atoms with Crippen molar-refractivity contribution in [1.82, 2.24) is 24.9 Å². The summed E-state index contributed by atoms with van der Waals surface area (Å²) in [5.74, 6) is 1.17. The number of nitrogens with zero attached hydrogens (tertiary/aromatic N) is 4. The normalized spacial score (nSPS) is 11.0. The van der Waals surface area contributed by atoms with Crippen LogP contribution in [-0.2, 0) is 6.42 Å². The molecule has 26 heavy (non-hydrogen) atoms. The van der Waals surface area contributed by atoms with Gasteiger partial charge in [0, 0.05) is 30.9 Å². The van der Waals surface area contributed by atoms with Crippen LogP contribution in [0, 0.1) is 6.92 Å². The number of oxazole rings is 1. The molecule has 0 aliphatic carbocycles. The first-order valence-corrected chi connectivity index (χ1v) is 8.29. The van der Waals surface area contributed by atoms with E-state index in [0.29, 0.717) is 29.9 Å². The van der Waals surface area contributed by atoms with Crippen LogP contribution in [0.4, 0.5) is 0 Å². The molecule has 0 radical (unpaired) electrons. The van der Waals surface area contributed by atoms with Gasteiger partial charge in [-0.25, -0.2) is 9.50 Å². The predicted molar refractivity (Wildman–Crippen MR) is 95.7 cm³/mol. The summed E-state index contributed by atoms with van der Waals surface area (Å²) in [6, 6.07) is 9.75. The Morgan fingerprint density at radius 1 is 1.23 bits per heavy atom. The Hall–Kier alpha value is -3.48. The van der Waals surface area contributed by atoms with E-state index in [2.05, 4.69) is 20.4 Å². The number of hydrogen-bond acceptors (Lipinski definition) is 5. The van der Waals surface area contributed by atoms with E-state index in [0.717, 1.165) is 17.0 Å². The van der Waals surface area contributed by atoms with E-state index in [1.54, 1.807) is 29.3 Å². The first kappa shape index (κ1) is 16.0. The van der Waals surface area contributed by atoms with Crippen molar-refractivity contribution >= 4 is 11.4 Å². The molecule has 0 fully saturated rings. The molecule has 4 rings (SSSR count). The van der Waals surface area contributed by atoms with Gasteiger partial charge >= 0.3 is 0 Å². The van der Waals surface area contributed by atoms with Crippen molar-refractivity contribution in [2.45, 2.75) is 13.3 Å². The molecule has 7 nitrogen and oxygen atoms in total. The highest BCUT2D eigenvalue weighted by molar-refractivity contribution is 6.00. The Bertz CT molecular complexity index is 1050. The second-order valence-corrected chi connectivity index (χ2v) is 5.86. The van der Waals surface area contributed by atoms with E-state index in [4.69, 9.17) is 4.42 Å². The van der Waals surface area contributed by atoms with Gasteiger partial charge in [-0.2, -0.15) is 5.10 Å². The molecule has 7 heteroatoms. The SMILES string of the molecule is Cc1oc(-c2ccccc2)nc1CCNC(=O)c1cnn2ccncc12. The molecule has 4 aromatic rings. The van der Waals surface area contributed by atoms with E-state index < -0.39 is 0 Å². The Morgan fingerprint density at radius 2 is 2.08 bits per heavy atom. The summed E-state index contributed by atoms with van der Waals surface area (Å²) in [5.41, 5.74) is 2.95. The molecule has 0 unspecified atom stereocenters. The van der Waals surface area contributed by atoms with Gasteiger partial charge in [0.2, 0.25) is 5.89 Å². The van der Waals surface area contributed by atoms with Gasteiger partial charge in [-0.3, -0.25) is 9.78 Å². The van der Waals surface area contributed by atoms with Crippen LogP contribution in [-0.4, -0.2) is 32.0 Å². The Balaban J connectivity index is 1.42. The van der Waals surface area contributed by atoms with Gasteiger partial charge in [0.15, 0.2) is 0 Å². The molecule has 130 valence electrons. The minimum Gasteiger partial charge on any atom is -0.441 e. The van der Waals surface area contributed by atoms with Crippen molar-refractivity contribution in [2.24, 2.45) is 0 Å². The predicted octanol–water partition coefficient (Wildman–Crippen LogP) is 2.67. The number of fused-ring (bicyclic) bond motifs is 1. The third-order valence-corrected chi connectivity index (χ3v) is 4.13. The number of carbonyl (C=O) groups is 1. The van der Waals surface area contributed by atoms with Crippen molar-refractivity contribution in [3.8, 4) is 11.5 Å². The minimum atomic E-state index is -0.183. The third kappa shape index (κ3) is 3.06. The van der Waals surface area contributed by atoms with E-state index in [1.807, 2.05) is 37.3 Å². The second-order valence-electron chi connectivity index (χ2n) is 5.86. The van der Waals surface area contributed by atoms with Crippen molar-refractivity contribution in [3.05, 3.63) is 72.1 Å². The summed E-state index contributed by atoms with van der Waals surface area (Å²) >= 11 is 0. The van der Waals surface area contributed by atoms with Crippen LogP contribution in [0.5, 0.6) is 0 Å². The molecule has 0 saturated heterocycles. The number of hydrogen-bond donors (Lipinski definition) is 1. The van der Waals surface area contributed by atoms with Gasteiger partial charge in [-0.15, -0.1) is 0 Å². The summed E-state index contributed by atoms with van der Waals surface area (Å²) in [7, 11) is 0. The van der Waals surface area contributed by atoms with Crippen LogP contribution in [0.2, 0.25) is 0 Å². The first-order chi connectivity index (χ1) is 12.7. The van der Waals surface area contributed by atoms with Gasteiger partial charge in [0.05, 0.1) is 29.2 Å². The zero-order valence-corrected chi connectivity index (χ0v) is 14.2. The van der Waals surface area contributed by atoms with Crippen molar-refractivity contribution < 1.29 is 9.21 Å². The highest BCUT2D eigenvalue weighted by Gasteiger charge is 2.14. The van der Waals surface area contributed by atoms with E-state index in [-0.39, 0.29) is 5.91 Å². The highest BCUT2D eigenvalue weighted by Crippen LogP contribution is 2.21. The van der Waals surface area contributed by atoms with E-state index in [1.165, 1.54) is 0 Å². The fraction of sp³-hybridized carbons (Fsp3) is 0.158. The summed E-state index contributed by atoms with van der Waals surface area (Å²) < 4.78 is 7.36. The van der Waals surface area contributed by atoms with Gasteiger partial charge in [-0.1, -0.05) is 18.2 Å². The van der Waals surface area contributed by atoms with Crippen molar-refractivity contribution in [1.29, 1.82) is 0 Å². The van der Waals surface area contributed by atoms with Crippen molar-refractivity contribution in [2.75, 3.05) is 6.54 Å². The summed E-state index contributed by atoms with van der Waals surface area (Å²) in [6.45, 7) is 2.34. The third-order valence-electron chi connectivity index (χ3n) is 4.13. The molecule has 0 atom stereocenters. The molecule has 0 aliphatic rings. The van der Waals surface area contributed by atoms with Crippen LogP contribution in [0.25, 0.3) is 17.0 Å². The monoisotopic (exact) mass is 347 g/mol. The Labute approximate surface area is 149 Å². The van der Waals surface area contributed by atoms with Crippen LogP contribution >= 0.6 is 0 Å². The fourth-order valence-electron chi connectivity index (χ4n) is 2.76. The number of aryl methyl sites for hydroxylation is 1. The Kier molecular flexibility index (Phi) is 4.18. The average molecular weight is 347 g/mol. The molecule has 0 spiro atoms. The minimum absolute atomic E-state index is 0.183. The smallest absolute Gasteiger partial charge is 0.255 e. The number of benzene rings is 1. The van der Waals surface area contributed by atoms with Crippen LogP contribution in [0.1, 0.15) is 21.8 Å². The van der Waals surface area contributed by atoms with Crippen LogP contribution in [0.15, 0.2) is 59.5 Å². The number of carbonyl (C=O) groups excluding carboxylic acids is 1. The average Bonchev–Trinajstić information content (AvgIpc) is 3.26.